The number of rotatable bonds is 4. The number of fused-ring (bicyclic) bond motifs is 1. The van der Waals surface area contributed by atoms with Crippen LogP contribution in [0.5, 0.6) is 5.75 Å². The Kier molecular flexibility index (Phi) is 4.75. The van der Waals surface area contributed by atoms with Crippen LogP contribution in [-0.2, 0) is 9.59 Å². The standard InChI is InChI=1S/C20H17ClN4O3/c1-28-13-8-6-12(7-9-13)16-10-18-23-19(26)11-17(25(18)24-16)20(27)22-15-5-3-2-4-14(15)21/h2-10,17H,11H2,1H3,(H,22,27)(H,23,26)/t17-/m1/s1. The molecule has 142 valence electrons. The molecule has 0 saturated heterocycles. The third-order valence-electron chi connectivity index (χ3n) is 4.50. The molecule has 1 aliphatic heterocycles. The van der Waals surface area contributed by atoms with Gasteiger partial charge in [-0.05, 0) is 36.4 Å². The van der Waals surface area contributed by atoms with Gasteiger partial charge in [0.25, 0.3) is 0 Å². The number of aromatic nitrogens is 2. The Morgan fingerprint density at radius 2 is 2.00 bits per heavy atom. The Morgan fingerprint density at radius 3 is 2.71 bits per heavy atom. The Morgan fingerprint density at radius 1 is 1.25 bits per heavy atom. The number of amides is 2. The van der Waals surface area contributed by atoms with Gasteiger partial charge >= 0.3 is 0 Å². The summed E-state index contributed by atoms with van der Waals surface area (Å²) in [5, 5.41) is 10.5. The summed E-state index contributed by atoms with van der Waals surface area (Å²) in [5.74, 6) is 0.612. The Bertz CT molecular complexity index is 1050. The molecule has 0 unspecified atom stereocenters. The minimum atomic E-state index is -0.771. The number of para-hydroxylation sites is 1. The number of carbonyl (C=O) groups is 2. The van der Waals surface area contributed by atoms with Gasteiger partial charge in [0.05, 0.1) is 29.9 Å². The zero-order valence-electron chi connectivity index (χ0n) is 15.0. The fraction of sp³-hybridized carbons (Fsp3) is 0.150. The highest BCUT2D eigenvalue weighted by Crippen LogP contribution is 2.31. The number of methoxy groups -OCH3 is 1. The highest BCUT2D eigenvalue weighted by atomic mass is 35.5. The van der Waals surface area contributed by atoms with Gasteiger partial charge in [-0.3, -0.25) is 9.59 Å². The molecular weight excluding hydrogens is 380 g/mol. The largest absolute Gasteiger partial charge is 0.497 e. The fourth-order valence-electron chi connectivity index (χ4n) is 3.07. The Balaban J connectivity index is 1.64. The first-order valence-electron chi connectivity index (χ1n) is 8.64. The minimum absolute atomic E-state index is 0.00693. The molecule has 0 aliphatic carbocycles. The van der Waals surface area contributed by atoms with Crippen LogP contribution in [0.3, 0.4) is 0 Å². The topological polar surface area (TPSA) is 85.2 Å². The number of ether oxygens (including phenoxy) is 1. The second kappa shape index (κ2) is 7.36. The van der Waals surface area contributed by atoms with Crippen LogP contribution in [0.2, 0.25) is 5.02 Å². The second-order valence-electron chi connectivity index (χ2n) is 6.33. The van der Waals surface area contributed by atoms with E-state index in [-0.39, 0.29) is 18.2 Å². The van der Waals surface area contributed by atoms with Crippen LogP contribution in [0.1, 0.15) is 12.5 Å². The summed E-state index contributed by atoms with van der Waals surface area (Å²) in [7, 11) is 1.60. The molecule has 8 heteroatoms. The highest BCUT2D eigenvalue weighted by molar-refractivity contribution is 6.33. The summed E-state index contributed by atoms with van der Waals surface area (Å²) in [6.07, 6.45) is -0.00693. The molecule has 1 aliphatic rings. The van der Waals surface area contributed by atoms with E-state index in [9.17, 15) is 9.59 Å². The lowest BCUT2D eigenvalue weighted by Crippen LogP contribution is -2.35. The predicted molar refractivity (Wildman–Crippen MR) is 107 cm³/mol. The van der Waals surface area contributed by atoms with E-state index in [1.54, 1.807) is 37.4 Å². The van der Waals surface area contributed by atoms with Crippen molar-refractivity contribution in [2.24, 2.45) is 0 Å². The van der Waals surface area contributed by atoms with Gasteiger partial charge in [0.15, 0.2) is 0 Å². The molecular formula is C20H17ClN4O3. The van der Waals surface area contributed by atoms with E-state index in [0.29, 0.717) is 22.2 Å². The van der Waals surface area contributed by atoms with Crippen molar-refractivity contribution in [3.05, 3.63) is 59.6 Å². The number of anilines is 2. The molecule has 0 fully saturated rings. The number of nitrogens with zero attached hydrogens (tertiary/aromatic N) is 2. The van der Waals surface area contributed by atoms with E-state index in [2.05, 4.69) is 15.7 Å². The quantitative estimate of drug-likeness (QED) is 0.703. The number of benzene rings is 2. The first kappa shape index (κ1) is 18.1. The maximum Gasteiger partial charge on any atom is 0.249 e. The summed E-state index contributed by atoms with van der Waals surface area (Å²) in [5.41, 5.74) is 1.99. The van der Waals surface area contributed by atoms with Gasteiger partial charge in [-0.15, -0.1) is 0 Å². The summed E-state index contributed by atoms with van der Waals surface area (Å²) in [6, 6.07) is 15.3. The van der Waals surface area contributed by atoms with E-state index < -0.39 is 6.04 Å². The van der Waals surface area contributed by atoms with Crippen molar-refractivity contribution in [2.75, 3.05) is 17.7 Å². The second-order valence-corrected chi connectivity index (χ2v) is 6.73. The van der Waals surface area contributed by atoms with Gasteiger partial charge < -0.3 is 15.4 Å². The van der Waals surface area contributed by atoms with E-state index >= 15 is 0 Å². The van der Waals surface area contributed by atoms with Crippen molar-refractivity contribution < 1.29 is 14.3 Å². The minimum Gasteiger partial charge on any atom is -0.497 e. The summed E-state index contributed by atoms with van der Waals surface area (Å²) >= 11 is 6.12. The fourth-order valence-corrected chi connectivity index (χ4v) is 3.25. The third-order valence-corrected chi connectivity index (χ3v) is 4.83. The molecule has 1 aromatic heterocycles. The van der Waals surface area contributed by atoms with Crippen molar-refractivity contribution in [3.8, 4) is 17.0 Å². The van der Waals surface area contributed by atoms with Crippen LogP contribution >= 0.6 is 11.6 Å². The first-order valence-corrected chi connectivity index (χ1v) is 9.02. The number of hydrogen-bond donors (Lipinski definition) is 2. The molecule has 0 radical (unpaired) electrons. The number of hydrogen-bond acceptors (Lipinski definition) is 4. The molecule has 2 amide bonds. The molecule has 0 saturated carbocycles. The van der Waals surface area contributed by atoms with E-state index in [0.717, 1.165) is 11.3 Å². The van der Waals surface area contributed by atoms with E-state index in [1.165, 1.54) is 4.68 Å². The maximum atomic E-state index is 12.8. The molecule has 2 N–H and O–H groups in total. The molecule has 1 atom stereocenters. The van der Waals surface area contributed by atoms with Crippen molar-refractivity contribution >= 4 is 34.9 Å². The lowest BCUT2D eigenvalue weighted by molar-refractivity contribution is -0.125. The lowest BCUT2D eigenvalue weighted by Gasteiger charge is -2.23. The van der Waals surface area contributed by atoms with Crippen molar-refractivity contribution in [1.82, 2.24) is 9.78 Å². The van der Waals surface area contributed by atoms with E-state index in [4.69, 9.17) is 16.3 Å². The molecule has 2 heterocycles. The third kappa shape index (κ3) is 3.44. The van der Waals surface area contributed by atoms with Crippen molar-refractivity contribution in [1.29, 1.82) is 0 Å². The predicted octanol–water partition coefficient (Wildman–Crippen LogP) is 3.73. The summed E-state index contributed by atoms with van der Waals surface area (Å²) in [4.78, 5) is 24.9. The molecule has 28 heavy (non-hydrogen) atoms. The molecule has 7 nitrogen and oxygen atoms in total. The van der Waals surface area contributed by atoms with Crippen LogP contribution in [0.15, 0.2) is 54.6 Å². The van der Waals surface area contributed by atoms with Crippen molar-refractivity contribution in [3.63, 3.8) is 0 Å². The zero-order chi connectivity index (χ0) is 19.7. The summed E-state index contributed by atoms with van der Waals surface area (Å²) < 4.78 is 6.70. The molecule has 0 bridgehead atoms. The molecule has 2 aromatic carbocycles. The first-order chi connectivity index (χ1) is 13.5. The van der Waals surface area contributed by atoms with Gasteiger partial charge in [-0.25, -0.2) is 4.68 Å². The van der Waals surface area contributed by atoms with Crippen molar-refractivity contribution in [2.45, 2.75) is 12.5 Å². The normalized spacial score (nSPS) is 15.5. The number of nitrogens with one attached hydrogen (secondary N) is 2. The number of halogens is 1. The van der Waals surface area contributed by atoms with Gasteiger partial charge in [-0.1, -0.05) is 23.7 Å². The van der Waals surface area contributed by atoms with E-state index in [1.807, 2.05) is 24.3 Å². The van der Waals surface area contributed by atoms with Gasteiger partial charge in [0.1, 0.15) is 17.6 Å². The van der Waals surface area contributed by atoms with Crippen LogP contribution in [0.4, 0.5) is 11.5 Å². The van der Waals surface area contributed by atoms with Crippen LogP contribution in [0.25, 0.3) is 11.3 Å². The molecule has 4 rings (SSSR count). The number of carbonyl (C=O) groups excluding carboxylic acids is 2. The monoisotopic (exact) mass is 396 g/mol. The van der Waals surface area contributed by atoms with Crippen LogP contribution < -0.4 is 15.4 Å². The highest BCUT2D eigenvalue weighted by Gasteiger charge is 2.32. The lowest BCUT2D eigenvalue weighted by atomic mass is 10.1. The SMILES string of the molecule is COc1ccc(-c2cc3n(n2)[C@@H](C(=O)Nc2ccccc2Cl)CC(=O)N3)cc1. The average Bonchev–Trinajstić information content (AvgIpc) is 3.13. The zero-order valence-corrected chi connectivity index (χ0v) is 15.7. The van der Waals surface area contributed by atoms with Gasteiger partial charge in [0.2, 0.25) is 11.8 Å². The van der Waals surface area contributed by atoms with Gasteiger partial charge in [-0.2, -0.15) is 5.10 Å². The maximum absolute atomic E-state index is 12.8. The van der Waals surface area contributed by atoms with Crippen LogP contribution in [-0.4, -0.2) is 28.7 Å². The Hall–Kier alpha value is -3.32. The molecule has 3 aromatic rings. The van der Waals surface area contributed by atoms with Gasteiger partial charge in [0, 0.05) is 11.6 Å². The van der Waals surface area contributed by atoms with Crippen LogP contribution in [0, 0.1) is 0 Å². The Labute approximate surface area is 166 Å². The molecule has 0 spiro atoms. The smallest absolute Gasteiger partial charge is 0.249 e. The summed E-state index contributed by atoms with van der Waals surface area (Å²) in [6.45, 7) is 0. The average molecular weight is 397 g/mol.